The summed E-state index contributed by atoms with van der Waals surface area (Å²) in [6.45, 7) is 9.10. The third kappa shape index (κ3) is 23.4. The van der Waals surface area contributed by atoms with E-state index < -0.39 is 30.0 Å². The molecule has 4 atom stereocenters. The largest absolute Gasteiger partial charge is 0.370 e. The summed E-state index contributed by atoms with van der Waals surface area (Å²) < 4.78 is 0. The molecule has 0 aliphatic heterocycles. The molecule has 50 heavy (non-hydrogen) atoms. The van der Waals surface area contributed by atoms with E-state index in [4.69, 9.17) is 22.9 Å². The van der Waals surface area contributed by atoms with Gasteiger partial charge in [0.05, 0.1) is 12.1 Å². The summed E-state index contributed by atoms with van der Waals surface area (Å²) in [6, 6.07) is -2.36. The van der Waals surface area contributed by atoms with Gasteiger partial charge in [0.15, 0.2) is 17.5 Å². The van der Waals surface area contributed by atoms with Crippen molar-refractivity contribution in [3.05, 3.63) is 0 Å². The first kappa shape index (κ1) is 46.9. The maximum Gasteiger partial charge on any atom is 0.243 e. The predicted molar refractivity (Wildman–Crippen MR) is 202 cm³/mol. The highest BCUT2D eigenvalue weighted by molar-refractivity contribution is 5.95. The third-order valence-electron chi connectivity index (χ3n) is 8.83. The van der Waals surface area contributed by atoms with Gasteiger partial charge in [0.25, 0.3) is 0 Å². The van der Waals surface area contributed by atoms with Crippen LogP contribution in [0, 0.1) is 11.8 Å². The number of hydrogen-bond acceptors (Lipinski definition) is 8. The van der Waals surface area contributed by atoms with Gasteiger partial charge in [-0.2, -0.15) is 0 Å². The Morgan fingerprint density at radius 1 is 0.620 bits per heavy atom. The van der Waals surface area contributed by atoms with Crippen molar-refractivity contribution < 1.29 is 24.0 Å². The monoisotopic (exact) mass is 709 g/mol. The van der Waals surface area contributed by atoms with Crippen LogP contribution in [0.5, 0.6) is 0 Å². The van der Waals surface area contributed by atoms with E-state index in [-0.39, 0.29) is 48.1 Å². The smallest absolute Gasteiger partial charge is 0.243 e. The molecule has 0 spiro atoms. The molecular weight excluding hydrogens is 636 g/mol. The zero-order valence-electron chi connectivity index (χ0n) is 31.7. The molecule has 0 aromatic rings. The van der Waals surface area contributed by atoms with Crippen molar-refractivity contribution in [3.63, 3.8) is 0 Å². The van der Waals surface area contributed by atoms with Gasteiger partial charge < -0.3 is 38.9 Å². The van der Waals surface area contributed by atoms with E-state index in [1.54, 1.807) is 6.92 Å². The normalized spacial score (nSPS) is 13.6. The number of rotatable bonds is 32. The lowest BCUT2D eigenvalue weighted by molar-refractivity contribution is -0.135. The molecule has 0 saturated carbocycles. The van der Waals surface area contributed by atoms with Crippen LogP contribution in [0.15, 0.2) is 4.99 Å². The van der Waals surface area contributed by atoms with Crippen LogP contribution in [0.3, 0.4) is 0 Å². The zero-order chi connectivity index (χ0) is 37.7. The van der Waals surface area contributed by atoms with Gasteiger partial charge in [0.2, 0.25) is 17.7 Å². The number of nitrogens with one attached hydrogen (secondary N) is 3. The molecule has 0 rings (SSSR count). The Morgan fingerprint density at radius 3 is 1.72 bits per heavy atom. The highest BCUT2D eigenvalue weighted by atomic mass is 16.2. The van der Waals surface area contributed by atoms with Crippen molar-refractivity contribution in [1.82, 2.24) is 16.0 Å². The molecule has 13 nitrogen and oxygen atoms in total. The van der Waals surface area contributed by atoms with E-state index in [0.717, 1.165) is 25.7 Å². The molecule has 0 heterocycles. The highest BCUT2D eigenvalue weighted by Crippen LogP contribution is 2.20. The molecule has 0 aromatic heterocycles. The lowest BCUT2D eigenvalue weighted by Crippen LogP contribution is -2.52. The number of ketones is 2. The van der Waals surface area contributed by atoms with Crippen LogP contribution < -0.4 is 38.9 Å². The standard InChI is InChI=1S/C37H72N8O5/c1-5-7-8-9-10-11-12-21-34(48)43-31(19-14-16-23-39)36(50)45-30(18-13-15-22-38)33(47)26-28(25-27(3)4)35(49)44-29(32(46)6-2)20-17-24-42-37(40)41/h27-31H,5-26,38-39H2,1-4H3,(H,43,48)(H,44,49)(H,45,50)(H4,40,41,42)/t28-,29+,30+,31+/m1/s1. The van der Waals surface area contributed by atoms with Gasteiger partial charge in [0, 0.05) is 31.7 Å². The quantitative estimate of drug-likeness (QED) is 0.0307. The molecule has 0 unspecified atom stereocenters. The second kappa shape index (κ2) is 29.6. The molecule has 0 saturated heterocycles. The van der Waals surface area contributed by atoms with E-state index in [1.807, 2.05) is 13.8 Å². The van der Waals surface area contributed by atoms with Gasteiger partial charge in [-0.1, -0.05) is 66.2 Å². The van der Waals surface area contributed by atoms with Crippen molar-refractivity contribution in [2.24, 2.45) is 39.8 Å². The van der Waals surface area contributed by atoms with Crippen LogP contribution in [-0.4, -0.2) is 73.0 Å². The number of carbonyl (C=O) groups is 5. The maximum absolute atomic E-state index is 13.9. The van der Waals surface area contributed by atoms with Crippen molar-refractivity contribution in [1.29, 1.82) is 0 Å². The SMILES string of the molecule is CCCCCCCCCC(=O)N[C@@H](CCCCN)C(=O)N[C@@H](CCCCN)C(=O)C[C@@H](CC(C)C)C(=O)N[C@@H](CCCN=C(N)N)C(=O)CC. The fraction of sp³-hybridized carbons (Fsp3) is 0.838. The van der Waals surface area contributed by atoms with E-state index in [9.17, 15) is 24.0 Å². The van der Waals surface area contributed by atoms with E-state index in [2.05, 4.69) is 27.9 Å². The lowest BCUT2D eigenvalue weighted by atomic mass is 9.88. The number of guanidine groups is 1. The fourth-order valence-electron chi connectivity index (χ4n) is 5.94. The van der Waals surface area contributed by atoms with Gasteiger partial charge in [-0.05, 0) is 83.2 Å². The van der Waals surface area contributed by atoms with Gasteiger partial charge in [0.1, 0.15) is 6.04 Å². The van der Waals surface area contributed by atoms with Gasteiger partial charge in [-0.3, -0.25) is 29.0 Å². The zero-order valence-corrected chi connectivity index (χ0v) is 31.7. The van der Waals surface area contributed by atoms with Crippen molar-refractivity contribution >= 4 is 35.2 Å². The molecule has 290 valence electrons. The summed E-state index contributed by atoms with van der Waals surface area (Å²) in [5, 5.41) is 8.71. The predicted octanol–water partition coefficient (Wildman–Crippen LogP) is 3.49. The van der Waals surface area contributed by atoms with Crippen LogP contribution in [0.25, 0.3) is 0 Å². The Kier molecular flexibility index (Phi) is 27.8. The van der Waals surface area contributed by atoms with Crippen LogP contribution >= 0.6 is 0 Å². The average molecular weight is 709 g/mol. The summed E-state index contributed by atoms with van der Waals surface area (Å²) >= 11 is 0. The Hall–Kier alpha value is -3.06. The number of amides is 3. The number of nitrogens with two attached hydrogens (primary N) is 4. The molecule has 0 bridgehead atoms. The molecule has 13 heteroatoms. The minimum absolute atomic E-state index is 0.0382. The first-order valence-electron chi connectivity index (χ1n) is 19.3. The second-order valence-corrected chi connectivity index (χ2v) is 13.9. The topological polar surface area (TPSA) is 238 Å². The summed E-state index contributed by atoms with van der Waals surface area (Å²) in [5.74, 6) is -1.97. The summed E-state index contributed by atoms with van der Waals surface area (Å²) in [6.07, 6.45) is 12.8. The molecule has 0 fully saturated rings. The van der Waals surface area contributed by atoms with Crippen molar-refractivity contribution in [2.75, 3.05) is 19.6 Å². The third-order valence-corrected chi connectivity index (χ3v) is 8.83. The molecule has 0 aliphatic rings. The molecule has 0 aliphatic carbocycles. The molecule has 11 N–H and O–H groups in total. The number of nitrogens with zero attached hydrogens (tertiary/aromatic N) is 1. The Balaban J connectivity index is 5.75. The van der Waals surface area contributed by atoms with Crippen LogP contribution in [0.2, 0.25) is 0 Å². The lowest BCUT2D eigenvalue weighted by Gasteiger charge is -2.26. The first-order valence-corrected chi connectivity index (χ1v) is 19.3. The van der Waals surface area contributed by atoms with Gasteiger partial charge >= 0.3 is 0 Å². The van der Waals surface area contributed by atoms with Crippen molar-refractivity contribution in [2.45, 2.75) is 168 Å². The minimum atomic E-state index is -0.846. The number of Topliss-reactive ketones (excluding diaryl/α,β-unsaturated/α-hetero) is 2. The van der Waals surface area contributed by atoms with E-state index >= 15 is 0 Å². The van der Waals surface area contributed by atoms with Crippen LogP contribution in [0.4, 0.5) is 0 Å². The maximum atomic E-state index is 13.9. The molecule has 0 aromatic carbocycles. The number of aliphatic imine (C=N–C) groups is 1. The second-order valence-electron chi connectivity index (χ2n) is 13.9. The number of hydrogen-bond donors (Lipinski definition) is 7. The Labute approximate surface area is 302 Å². The van der Waals surface area contributed by atoms with E-state index in [0.29, 0.717) is 83.8 Å². The minimum Gasteiger partial charge on any atom is -0.370 e. The molecule has 3 amide bonds. The summed E-state index contributed by atoms with van der Waals surface area (Å²) in [5.41, 5.74) is 22.2. The van der Waals surface area contributed by atoms with E-state index in [1.165, 1.54) is 19.3 Å². The van der Waals surface area contributed by atoms with Gasteiger partial charge in [-0.15, -0.1) is 0 Å². The van der Waals surface area contributed by atoms with Crippen LogP contribution in [-0.2, 0) is 24.0 Å². The van der Waals surface area contributed by atoms with Crippen LogP contribution in [0.1, 0.15) is 150 Å². The molecular formula is C37H72N8O5. The highest BCUT2D eigenvalue weighted by Gasteiger charge is 2.31. The first-order chi connectivity index (χ1) is 23.9. The number of unbranched alkanes of at least 4 members (excludes halogenated alkanes) is 8. The van der Waals surface area contributed by atoms with Gasteiger partial charge in [-0.25, -0.2) is 0 Å². The Morgan fingerprint density at radius 2 is 1.16 bits per heavy atom. The fourth-order valence-corrected chi connectivity index (χ4v) is 5.94. The number of carbonyl (C=O) groups excluding carboxylic acids is 5. The summed E-state index contributed by atoms with van der Waals surface area (Å²) in [7, 11) is 0. The Bertz CT molecular complexity index is 1000. The van der Waals surface area contributed by atoms with Crippen molar-refractivity contribution in [3.8, 4) is 0 Å². The molecule has 0 radical (unpaired) electrons. The summed E-state index contributed by atoms with van der Waals surface area (Å²) in [4.78, 5) is 70.6. The average Bonchev–Trinajstić information content (AvgIpc) is 3.07.